The van der Waals surface area contributed by atoms with Gasteiger partial charge in [0.25, 0.3) is 0 Å². The predicted molar refractivity (Wildman–Crippen MR) is 96.7 cm³/mol. The van der Waals surface area contributed by atoms with E-state index in [0.29, 0.717) is 19.8 Å². The van der Waals surface area contributed by atoms with Crippen LogP contribution in [-0.4, -0.2) is 26.4 Å². The molecule has 0 atom stereocenters. The molecule has 4 heteroatoms. The van der Waals surface area contributed by atoms with Gasteiger partial charge in [0.05, 0.1) is 12.3 Å². The van der Waals surface area contributed by atoms with Crippen molar-refractivity contribution in [2.45, 2.75) is 19.8 Å². The summed E-state index contributed by atoms with van der Waals surface area (Å²) in [5, 5.41) is 4.27. The number of benzene rings is 2. The molecule has 0 aliphatic carbocycles. The quantitative estimate of drug-likeness (QED) is 0.633. The zero-order valence-electron chi connectivity index (χ0n) is 13.6. The average Bonchev–Trinajstić information content (AvgIpc) is 2.58. The van der Waals surface area contributed by atoms with Crippen LogP contribution < -0.4 is 10.1 Å². The highest BCUT2D eigenvalue weighted by molar-refractivity contribution is 6.31. The van der Waals surface area contributed by atoms with E-state index in [1.54, 1.807) is 0 Å². The average molecular weight is 334 g/mol. The Morgan fingerprint density at radius 2 is 1.78 bits per heavy atom. The van der Waals surface area contributed by atoms with Crippen molar-refractivity contribution in [1.82, 2.24) is 0 Å². The number of ether oxygens (including phenoxy) is 2. The Morgan fingerprint density at radius 1 is 1.00 bits per heavy atom. The molecule has 2 rings (SSSR count). The number of hydrogen-bond acceptors (Lipinski definition) is 3. The topological polar surface area (TPSA) is 30.5 Å². The predicted octanol–water partition coefficient (Wildman–Crippen LogP) is 4.80. The van der Waals surface area contributed by atoms with Crippen LogP contribution >= 0.6 is 11.6 Å². The van der Waals surface area contributed by atoms with Crippen molar-refractivity contribution in [3.63, 3.8) is 0 Å². The Morgan fingerprint density at radius 3 is 2.61 bits per heavy atom. The fourth-order valence-electron chi connectivity index (χ4n) is 2.30. The normalized spacial score (nSPS) is 10.5. The molecule has 3 nitrogen and oxygen atoms in total. The van der Waals surface area contributed by atoms with Crippen molar-refractivity contribution in [3.8, 4) is 5.75 Å². The van der Waals surface area contributed by atoms with Crippen molar-refractivity contribution in [2.24, 2.45) is 0 Å². The number of aryl methyl sites for hydroxylation is 1. The first-order valence-electron chi connectivity index (χ1n) is 8.08. The van der Waals surface area contributed by atoms with Crippen LogP contribution in [0.1, 0.15) is 18.9 Å². The first-order valence-corrected chi connectivity index (χ1v) is 8.46. The highest BCUT2D eigenvalue weighted by Gasteiger charge is 2.03. The van der Waals surface area contributed by atoms with E-state index in [2.05, 4.69) is 11.4 Å². The molecule has 0 heterocycles. The van der Waals surface area contributed by atoms with Gasteiger partial charge < -0.3 is 14.8 Å². The van der Waals surface area contributed by atoms with Gasteiger partial charge in [0, 0.05) is 18.2 Å². The van der Waals surface area contributed by atoms with Gasteiger partial charge in [0.1, 0.15) is 12.4 Å². The molecule has 0 saturated heterocycles. The van der Waals surface area contributed by atoms with Crippen LogP contribution in [0.25, 0.3) is 0 Å². The van der Waals surface area contributed by atoms with Gasteiger partial charge in [0.2, 0.25) is 0 Å². The molecular weight excluding hydrogens is 310 g/mol. The molecule has 0 bridgehead atoms. The van der Waals surface area contributed by atoms with Crippen molar-refractivity contribution in [1.29, 1.82) is 0 Å². The maximum absolute atomic E-state index is 6.18. The Kier molecular flexibility index (Phi) is 7.78. The first-order chi connectivity index (χ1) is 11.3. The van der Waals surface area contributed by atoms with Crippen LogP contribution in [-0.2, 0) is 11.2 Å². The second-order valence-electron chi connectivity index (χ2n) is 5.16. The van der Waals surface area contributed by atoms with Crippen LogP contribution in [0.15, 0.2) is 48.5 Å². The highest BCUT2D eigenvalue weighted by atomic mass is 35.5. The van der Waals surface area contributed by atoms with E-state index in [4.69, 9.17) is 21.1 Å². The second kappa shape index (κ2) is 10.1. The van der Waals surface area contributed by atoms with E-state index in [-0.39, 0.29) is 0 Å². The molecule has 0 fully saturated rings. The summed E-state index contributed by atoms with van der Waals surface area (Å²) < 4.78 is 11.1. The lowest BCUT2D eigenvalue weighted by Gasteiger charge is -2.13. The molecule has 0 saturated carbocycles. The standard InChI is InChI=1S/C19H24ClNO2/c1-2-22-14-15-23-19-12-6-5-11-18(19)21-13-7-9-16-8-3-4-10-17(16)20/h3-6,8,10-12,21H,2,7,9,13-15H2,1H3. The molecule has 0 aliphatic heterocycles. The fraction of sp³-hybridized carbons (Fsp3) is 0.368. The van der Waals surface area contributed by atoms with Gasteiger partial charge in [-0.05, 0) is 43.5 Å². The minimum absolute atomic E-state index is 0.562. The van der Waals surface area contributed by atoms with Gasteiger partial charge in [-0.15, -0.1) is 0 Å². The molecule has 0 radical (unpaired) electrons. The number of para-hydroxylation sites is 2. The minimum Gasteiger partial charge on any atom is -0.489 e. The first kappa shape index (κ1) is 17.6. The van der Waals surface area contributed by atoms with Crippen LogP contribution in [0.5, 0.6) is 5.75 Å². The summed E-state index contributed by atoms with van der Waals surface area (Å²) in [6, 6.07) is 16.0. The zero-order chi connectivity index (χ0) is 16.3. The molecule has 0 amide bonds. The molecule has 23 heavy (non-hydrogen) atoms. The lowest BCUT2D eigenvalue weighted by molar-refractivity contribution is 0.110. The van der Waals surface area contributed by atoms with Crippen molar-refractivity contribution in [2.75, 3.05) is 31.7 Å². The Hall–Kier alpha value is -1.71. The molecular formula is C19H24ClNO2. The summed E-state index contributed by atoms with van der Waals surface area (Å²) in [6.45, 7) is 4.74. The monoisotopic (exact) mass is 333 g/mol. The number of nitrogens with one attached hydrogen (secondary N) is 1. The Balaban J connectivity index is 1.78. The van der Waals surface area contributed by atoms with E-state index in [1.165, 1.54) is 5.56 Å². The van der Waals surface area contributed by atoms with Gasteiger partial charge in [-0.1, -0.05) is 41.9 Å². The summed E-state index contributed by atoms with van der Waals surface area (Å²) >= 11 is 6.18. The van der Waals surface area contributed by atoms with Crippen molar-refractivity contribution < 1.29 is 9.47 Å². The molecule has 1 N–H and O–H groups in total. The Labute approximate surface area is 143 Å². The van der Waals surface area contributed by atoms with Crippen molar-refractivity contribution in [3.05, 3.63) is 59.1 Å². The van der Waals surface area contributed by atoms with Crippen molar-refractivity contribution >= 4 is 17.3 Å². The summed E-state index contributed by atoms with van der Waals surface area (Å²) in [6.07, 6.45) is 1.97. The molecule has 0 unspecified atom stereocenters. The smallest absolute Gasteiger partial charge is 0.142 e. The maximum Gasteiger partial charge on any atom is 0.142 e. The highest BCUT2D eigenvalue weighted by Crippen LogP contribution is 2.24. The molecule has 0 aromatic heterocycles. The number of anilines is 1. The van der Waals surface area contributed by atoms with Gasteiger partial charge in [0.15, 0.2) is 0 Å². The summed E-state index contributed by atoms with van der Waals surface area (Å²) in [4.78, 5) is 0. The van der Waals surface area contributed by atoms with Crippen LogP contribution in [0, 0.1) is 0 Å². The second-order valence-corrected chi connectivity index (χ2v) is 5.57. The number of halogens is 1. The van der Waals surface area contributed by atoms with E-state index < -0.39 is 0 Å². The number of rotatable bonds is 10. The minimum atomic E-state index is 0.562. The van der Waals surface area contributed by atoms with E-state index in [0.717, 1.165) is 35.8 Å². The van der Waals surface area contributed by atoms with Gasteiger partial charge in [-0.3, -0.25) is 0 Å². The SMILES string of the molecule is CCOCCOc1ccccc1NCCCc1ccccc1Cl. The lowest BCUT2D eigenvalue weighted by Crippen LogP contribution is -2.09. The largest absolute Gasteiger partial charge is 0.489 e. The third kappa shape index (κ3) is 6.12. The lowest BCUT2D eigenvalue weighted by atomic mass is 10.1. The third-order valence-electron chi connectivity index (χ3n) is 3.47. The molecule has 0 aliphatic rings. The Bertz CT molecular complexity index is 589. The number of hydrogen-bond donors (Lipinski definition) is 1. The van der Waals surface area contributed by atoms with Gasteiger partial charge >= 0.3 is 0 Å². The van der Waals surface area contributed by atoms with E-state index in [1.807, 2.05) is 49.4 Å². The molecule has 2 aromatic rings. The van der Waals surface area contributed by atoms with E-state index in [9.17, 15) is 0 Å². The fourth-order valence-corrected chi connectivity index (χ4v) is 2.53. The third-order valence-corrected chi connectivity index (χ3v) is 3.84. The van der Waals surface area contributed by atoms with Crippen LogP contribution in [0.4, 0.5) is 5.69 Å². The molecule has 0 spiro atoms. The maximum atomic E-state index is 6.18. The van der Waals surface area contributed by atoms with Crippen LogP contribution in [0.2, 0.25) is 5.02 Å². The summed E-state index contributed by atoms with van der Waals surface area (Å²) in [7, 11) is 0. The summed E-state index contributed by atoms with van der Waals surface area (Å²) in [5.41, 5.74) is 2.21. The van der Waals surface area contributed by atoms with E-state index >= 15 is 0 Å². The van der Waals surface area contributed by atoms with Crippen LogP contribution in [0.3, 0.4) is 0 Å². The van der Waals surface area contributed by atoms with Gasteiger partial charge in [-0.25, -0.2) is 0 Å². The summed E-state index contributed by atoms with van der Waals surface area (Å²) in [5.74, 6) is 0.866. The molecule has 124 valence electrons. The molecule has 2 aromatic carbocycles. The van der Waals surface area contributed by atoms with Gasteiger partial charge in [-0.2, -0.15) is 0 Å². The zero-order valence-corrected chi connectivity index (χ0v) is 14.3.